The third-order valence-corrected chi connectivity index (χ3v) is 5.73. The summed E-state index contributed by atoms with van der Waals surface area (Å²) in [6, 6.07) is 24.9. The molecular weight excluding hydrogens is 368 g/mol. The summed E-state index contributed by atoms with van der Waals surface area (Å²) < 4.78 is 6.27. The zero-order valence-corrected chi connectivity index (χ0v) is 18.3. The lowest BCUT2D eigenvalue weighted by molar-refractivity contribution is 0.0251. The van der Waals surface area contributed by atoms with Gasteiger partial charge in [0.25, 0.3) is 0 Å². The third-order valence-electron chi connectivity index (χ3n) is 5.73. The van der Waals surface area contributed by atoms with E-state index in [4.69, 9.17) is 4.74 Å². The predicted octanol–water partition coefficient (Wildman–Crippen LogP) is 6.55. The van der Waals surface area contributed by atoms with Crippen molar-refractivity contribution in [2.75, 3.05) is 0 Å². The van der Waals surface area contributed by atoms with Crippen molar-refractivity contribution in [1.82, 2.24) is 0 Å². The Kier molecular flexibility index (Phi) is 5.51. The molecule has 3 aromatic carbocycles. The maximum atomic E-state index is 12.9. The fraction of sp³-hybridized carbons (Fsp3) is 0.321. The number of benzene rings is 3. The first kappa shape index (κ1) is 20.4. The monoisotopic (exact) mass is 398 g/mol. The zero-order valence-electron chi connectivity index (χ0n) is 18.3. The minimum absolute atomic E-state index is 0.255. The standard InChI is InChI=1S/C28H30O2/c1-19(2)15-21-9-7-11-23(17-21)28(24-12-8-10-22(18-24)16-20(3)4)26-14-6-5-13-25(26)27(29)30-28/h5-14,17-20H,15-16H2,1-4H3. The van der Waals surface area contributed by atoms with Crippen molar-refractivity contribution < 1.29 is 9.53 Å². The summed E-state index contributed by atoms with van der Waals surface area (Å²) in [6.45, 7) is 8.90. The molecular formula is C28H30O2. The first-order valence-electron chi connectivity index (χ1n) is 10.9. The average molecular weight is 399 g/mol. The number of carbonyl (C=O) groups is 1. The fourth-order valence-corrected chi connectivity index (χ4v) is 4.59. The van der Waals surface area contributed by atoms with Gasteiger partial charge in [0.1, 0.15) is 0 Å². The van der Waals surface area contributed by atoms with E-state index in [-0.39, 0.29) is 5.97 Å². The molecule has 1 heterocycles. The Morgan fingerprint density at radius 2 is 1.27 bits per heavy atom. The highest BCUT2D eigenvalue weighted by atomic mass is 16.6. The summed E-state index contributed by atoms with van der Waals surface area (Å²) in [5, 5.41) is 0. The molecule has 0 unspecified atom stereocenters. The van der Waals surface area contributed by atoms with Crippen LogP contribution < -0.4 is 0 Å². The first-order valence-corrected chi connectivity index (χ1v) is 10.9. The molecule has 0 N–H and O–H groups in total. The molecule has 154 valence electrons. The third kappa shape index (κ3) is 3.67. The molecule has 4 rings (SSSR count). The van der Waals surface area contributed by atoms with Crippen LogP contribution in [-0.4, -0.2) is 5.97 Å². The number of rotatable bonds is 6. The zero-order chi connectivity index (χ0) is 21.3. The van der Waals surface area contributed by atoms with E-state index < -0.39 is 5.60 Å². The Balaban J connectivity index is 1.94. The molecule has 0 saturated carbocycles. The van der Waals surface area contributed by atoms with Gasteiger partial charge in [-0.15, -0.1) is 0 Å². The fourth-order valence-electron chi connectivity index (χ4n) is 4.59. The number of carbonyl (C=O) groups excluding carboxylic acids is 1. The van der Waals surface area contributed by atoms with Crippen LogP contribution >= 0.6 is 0 Å². The van der Waals surface area contributed by atoms with Gasteiger partial charge in [0, 0.05) is 16.7 Å². The molecule has 2 heteroatoms. The Labute approximate surface area is 179 Å². The largest absolute Gasteiger partial charge is 0.441 e. The van der Waals surface area contributed by atoms with Crippen molar-refractivity contribution in [2.45, 2.75) is 46.1 Å². The molecule has 1 aliphatic heterocycles. The van der Waals surface area contributed by atoms with Crippen LogP contribution in [0.3, 0.4) is 0 Å². The van der Waals surface area contributed by atoms with Gasteiger partial charge in [-0.1, -0.05) is 94.4 Å². The van der Waals surface area contributed by atoms with Gasteiger partial charge in [0.05, 0.1) is 5.56 Å². The maximum absolute atomic E-state index is 12.9. The van der Waals surface area contributed by atoms with Crippen LogP contribution in [-0.2, 0) is 23.2 Å². The lowest BCUT2D eigenvalue weighted by Gasteiger charge is -2.31. The normalized spacial score (nSPS) is 14.8. The molecule has 0 bridgehead atoms. The van der Waals surface area contributed by atoms with Crippen molar-refractivity contribution in [2.24, 2.45) is 11.8 Å². The van der Waals surface area contributed by atoms with Gasteiger partial charge in [0.2, 0.25) is 0 Å². The predicted molar refractivity (Wildman–Crippen MR) is 122 cm³/mol. The van der Waals surface area contributed by atoms with Crippen LogP contribution in [0.25, 0.3) is 0 Å². The minimum Gasteiger partial charge on any atom is -0.441 e. The smallest absolute Gasteiger partial charge is 0.340 e. The number of esters is 1. The summed E-state index contributed by atoms with van der Waals surface area (Å²) >= 11 is 0. The number of cyclic esters (lactones) is 1. The lowest BCUT2D eigenvalue weighted by atomic mass is 9.78. The van der Waals surface area contributed by atoms with Crippen LogP contribution in [0.2, 0.25) is 0 Å². The van der Waals surface area contributed by atoms with Crippen LogP contribution in [0, 0.1) is 11.8 Å². The second-order valence-electron chi connectivity index (χ2n) is 9.21. The van der Waals surface area contributed by atoms with Crippen molar-refractivity contribution in [1.29, 1.82) is 0 Å². The molecule has 30 heavy (non-hydrogen) atoms. The number of hydrogen-bond acceptors (Lipinski definition) is 2. The molecule has 0 atom stereocenters. The molecule has 0 saturated heterocycles. The molecule has 2 nitrogen and oxygen atoms in total. The van der Waals surface area contributed by atoms with E-state index in [1.807, 2.05) is 24.3 Å². The second kappa shape index (κ2) is 8.10. The summed E-state index contributed by atoms with van der Waals surface area (Å²) in [6.07, 6.45) is 1.99. The van der Waals surface area contributed by atoms with E-state index in [9.17, 15) is 4.79 Å². The first-order chi connectivity index (χ1) is 14.4. The lowest BCUT2D eigenvalue weighted by Crippen LogP contribution is -2.30. The molecule has 3 aromatic rings. The van der Waals surface area contributed by atoms with Crippen LogP contribution in [0.1, 0.15) is 65.9 Å². The maximum Gasteiger partial charge on any atom is 0.340 e. The van der Waals surface area contributed by atoms with Crippen LogP contribution in [0.4, 0.5) is 0 Å². The van der Waals surface area contributed by atoms with E-state index in [2.05, 4.69) is 76.2 Å². The van der Waals surface area contributed by atoms with Crippen molar-refractivity contribution in [3.63, 3.8) is 0 Å². The van der Waals surface area contributed by atoms with Gasteiger partial charge in [-0.3, -0.25) is 0 Å². The van der Waals surface area contributed by atoms with E-state index in [1.54, 1.807) is 0 Å². The Morgan fingerprint density at radius 3 is 1.80 bits per heavy atom. The second-order valence-corrected chi connectivity index (χ2v) is 9.21. The van der Waals surface area contributed by atoms with Crippen LogP contribution in [0.5, 0.6) is 0 Å². The minimum atomic E-state index is -0.909. The van der Waals surface area contributed by atoms with Crippen molar-refractivity contribution >= 4 is 5.97 Å². The van der Waals surface area contributed by atoms with Crippen LogP contribution in [0.15, 0.2) is 72.8 Å². The Hall–Kier alpha value is -2.87. The highest BCUT2D eigenvalue weighted by molar-refractivity contribution is 5.96. The van der Waals surface area contributed by atoms with Crippen molar-refractivity contribution in [3.8, 4) is 0 Å². The summed E-state index contributed by atoms with van der Waals surface area (Å²) in [7, 11) is 0. The topological polar surface area (TPSA) is 26.3 Å². The molecule has 0 spiro atoms. The SMILES string of the molecule is CC(C)Cc1cccc(C2(c3cccc(CC(C)C)c3)OC(=O)c3ccccc32)c1. The highest BCUT2D eigenvalue weighted by Crippen LogP contribution is 2.47. The molecule has 1 aliphatic rings. The van der Waals surface area contributed by atoms with Crippen molar-refractivity contribution in [3.05, 3.63) is 106 Å². The quantitative estimate of drug-likeness (QED) is 0.440. The van der Waals surface area contributed by atoms with E-state index in [1.165, 1.54) is 11.1 Å². The van der Waals surface area contributed by atoms with E-state index in [0.717, 1.165) is 29.5 Å². The van der Waals surface area contributed by atoms with Gasteiger partial charge in [0.15, 0.2) is 5.60 Å². The van der Waals surface area contributed by atoms with E-state index >= 15 is 0 Å². The number of ether oxygens (including phenoxy) is 1. The highest BCUT2D eigenvalue weighted by Gasteiger charge is 2.48. The molecule has 0 aliphatic carbocycles. The van der Waals surface area contributed by atoms with Gasteiger partial charge < -0.3 is 4.74 Å². The van der Waals surface area contributed by atoms with Gasteiger partial charge in [-0.2, -0.15) is 0 Å². The molecule has 0 aromatic heterocycles. The molecule has 0 fully saturated rings. The number of hydrogen-bond donors (Lipinski definition) is 0. The van der Waals surface area contributed by atoms with E-state index in [0.29, 0.717) is 17.4 Å². The molecule has 0 radical (unpaired) electrons. The summed E-state index contributed by atoms with van der Waals surface area (Å²) in [5.41, 5.74) is 5.23. The Morgan fingerprint density at radius 1 is 0.733 bits per heavy atom. The molecule has 0 amide bonds. The summed E-state index contributed by atoms with van der Waals surface area (Å²) in [5.74, 6) is 0.863. The summed E-state index contributed by atoms with van der Waals surface area (Å²) in [4.78, 5) is 12.9. The number of fused-ring (bicyclic) bond motifs is 1. The Bertz CT molecular complexity index is 1010. The average Bonchev–Trinajstić information content (AvgIpc) is 3.01. The van der Waals surface area contributed by atoms with Gasteiger partial charge >= 0.3 is 5.97 Å². The van der Waals surface area contributed by atoms with Gasteiger partial charge in [-0.25, -0.2) is 4.79 Å². The van der Waals surface area contributed by atoms with Gasteiger partial charge in [-0.05, 0) is 41.9 Å².